The van der Waals surface area contributed by atoms with E-state index in [0.29, 0.717) is 0 Å². The van der Waals surface area contributed by atoms with Crippen LogP contribution < -0.4 is 0 Å². The van der Waals surface area contributed by atoms with E-state index in [0.717, 1.165) is 4.88 Å². The molecule has 0 aliphatic carbocycles. The molecule has 1 heterocycles. The van der Waals surface area contributed by atoms with Gasteiger partial charge in [-0.15, -0.1) is 22.9 Å². The first kappa shape index (κ1) is 11.5. The quantitative estimate of drug-likeness (QED) is 0.640. The number of hydrogen-bond acceptors (Lipinski definition) is 4. The predicted molar refractivity (Wildman–Crippen MR) is 55.6 cm³/mol. The Hall–Kier alpha value is -0.580. The number of hydrogen-bond donors (Lipinski definition) is 1. The molecular weight excluding hydrogens is 224 g/mol. The summed E-state index contributed by atoms with van der Waals surface area (Å²) in [4.78, 5) is 11.9. The molecule has 5 heteroatoms. The van der Waals surface area contributed by atoms with Crippen molar-refractivity contribution in [1.82, 2.24) is 0 Å². The van der Waals surface area contributed by atoms with Crippen LogP contribution in [0.5, 0.6) is 0 Å². The van der Waals surface area contributed by atoms with E-state index < -0.39 is 17.5 Å². The van der Waals surface area contributed by atoms with Crippen LogP contribution in [-0.2, 0) is 9.53 Å². The Morgan fingerprint density at radius 1 is 1.79 bits per heavy atom. The molecule has 0 bridgehead atoms. The van der Waals surface area contributed by atoms with E-state index in [1.807, 2.05) is 11.4 Å². The second kappa shape index (κ2) is 5.34. The molecule has 0 aromatic carbocycles. The SMILES string of the molecule is CCOC(=O)[C@H](O)[C@@H](Cl)c1cccs1. The van der Waals surface area contributed by atoms with E-state index in [1.54, 1.807) is 13.0 Å². The van der Waals surface area contributed by atoms with Crippen LogP contribution in [0.2, 0.25) is 0 Å². The molecule has 0 aliphatic heterocycles. The van der Waals surface area contributed by atoms with Gasteiger partial charge in [-0.25, -0.2) is 4.79 Å². The van der Waals surface area contributed by atoms with Gasteiger partial charge in [0.05, 0.1) is 6.61 Å². The first-order valence-electron chi connectivity index (χ1n) is 4.19. The Labute approximate surface area is 91.3 Å². The van der Waals surface area contributed by atoms with Crippen LogP contribution in [0.1, 0.15) is 17.2 Å². The Morgan fingerprint density at radius 3 is 3.00 bits per heavy atom. The zero-order valence-corrected chi connectivity index (χ0v) is 9.22. The normalized spacial score (nSPS) is 14.8. The molecule has 1 aromatic rings. The fourth-order valence-electron chi connectivity index (χ4n) is 0.951. The number of carbonyl (C=O) groups is 1. The molecule has 1 aromatic heterocycles. The van der Waals surface area contributed by atoms with E-state index in [9.17, 15) is 9.90 Å². The van der Waals surface area contributed by atoms with E-state index in [4.69, 9.17) is 11.6 Å². The highest BCUT2D eigenvalue weighted by Gasteiger charge is 2.27. The maximum atomic E-state index is 11.1. The van der Waals surface area contributed by atoms with Crippen LogP contribution >= 0.6 is 22.9 Å². The van der Waals surface area contributed by atoms with Crippen molar-refractivity contribution in [2.75, 3.05) is 6.61 Å². The second-order valence-corrected chi connectivity index (χ2v) is 4.06. The number of alkyl halides is 1. The molecule has 0 radical (unpaired) electrons. The Balaban J connectivity index is 2.61. The van der Waals surface area contributed by atoms with Gasteiger partial charge in [-0.05, 0) is 18.4 Å². The second-order valence-electron chi connectivity index (χ2n) is 2.61. The lowest BCUT2D eigenvalue weighted by molar-refractivity contribution is -0.153. The van der Waals surface area contributed by atoms with Gasteiger partial charge < -0.3 is 9.84 Å². The molecule has 3 nitrogen and oxygen atoms in total. The van der Waals surface area contributed by atoms with Crippen molar-refractivity contribution in [2.24, 2.45) is 0 Å². The number of thiophene rings is 1. The molecule has 0 amide bonds. The average Bonchev–Trinajstić information content (AvgIpc) is 2.68. The summed E-state index contributed by atoms with van der Waals surface area (Å²) < 4.78 is 4.65. The highest BCUT2D eigenvalue weighted by Crippen LogP contribution is 2.28. The topological polar surface area (TPSA) is 46.5 Å². The summed E-state index contributed by atoms with van der Waals surface area (Å²) in [5.74, 6) is -0.680. The van der Waals surface area contributed by atoms with Crippen LogP contribution in [-0.4, -0.2) is 23.8 Å². The number of carbonyl (C=O) groups excluding carboxylic acids is 1. The van der Waals surface area contributed by atoms with E-state index >= 15 is 0 Å². The maximum absolute atomic E-state index is 11.1. The van der Waals surface area contributed by atoms with E-state index in [-0.39, 0.29) is 6.61 Å². The molecule has 2 atom stereocenters. The van der Waals surface area contributed by atoms with Crippen LogP contribution in [0.25, 0.3) is 0 Å². The van der Waals surface area contributed by atoms with E-state index in [2.05, 4.69) is 4.74 Å². The minimum atomic E-state index is -1.30. The van der Waals surface area contributed by atoms with Gasteiger partial charge in [0.15, 0.2) is 6.10 Å². The van der Waals surface area contributed by atoms with Gasteiger partial charge in [0.25, 0.3) is 0 Å². The highest BCUT2D eigenvalue weighted by atomic mass is 35.5. The Bertz CT molecular complexity index is 286. The monoisotopic (exact) mass is 234 g/mol. The summed E-state index contributed by atoms with van der Waals surface area (Å²) in [6.45, 7) is 1.92. The summed E-state index contributed by atoms with van der Waals surface area (Å²) in [5.41, 5.74) is 0. The molecule has 14 heavy (non-hydrogen) atoms. The molecule has 0 saturated carbocycles. The Kier molecular flexibility index (Phi) is 4.38. The summed E-state index contributed by atoms with van der Waals surface area (Å²) >= 11 is 7.28. The molecule has 78 valence electrons. The number of rotatable bonds is 4. The minimum Gasteiger partial charge on any atom is -0.464 e. The molecule has 0 unspecified atom stereocenters. The van der Waals surface area contributed by atoms with Gasteiger partial charge in [0.1, 0.15) is 5.38 Å². The fourth-order valence-corrected chi connectivity index (χ4v) is 2.01. The summed E-state index contributed by atoms with van der Waals surface area (Å²) in [6.07, 6.45) is -1.30. The molecule has 0 fully saturated rings. The molecule has 0 saturated heterocycles. The number of esters is 1. The van der Waals surface area contributed by atoms with Crippen LogP contribution in [0, 0.1) is 0 Å². The van der Waals surface area contributed by atoms with E-state index in [1.165, 1.54) is 11.3 Å². The number of aliphatic hydroxyl groups is 1. The van der Waals surface area contributed by atoms with Crippen molar-refractivity contribution >= 4 is 28.9 Å². The largest absolute Gasteiger partial charge is 0.464 e. The van der Waals surface area contributed by atoms with Crippen LogP contribution in [0.4, 0.5) is 0 Å². The fraction of sp³-hybridized carbons (Fsp3) is 0.444. The third kappa shape index (κ3) is 2.70. The first-order chi connectivity index (χ1) is 6.66. The third-order valence-corrected chi connectivity index (χ3v) is 3.18. The lowest BCUT2D eigenvalue weighted by atomic mass is 10.2. The smallest absolute Gasteiger partial charge is 0.336 e. The zero-order chi connectivity index (χ0) is 10.6. The molecule has 1 N–H and O–H groups in total. The molecule has 0 spiro atoms. The lowest BCUT2D eigenvalue weighted by Gasteiger charge is -2.13. The maximum Gasteiger partial charge on any atom is 0.336 e. The van der Waals surface area contributed by atoms with Crippen molar-refractivity contribution in [1.29, 1.82) is 0 Å². The van der Waals surface area contributed by atoms with Crippen molar-refractivity contribution in [3.63, 3.8) is 0 Å². The van der Waals surface area contributed by atoms with Crippen molar-refractivity contribution in [2.45, 2.75) is 18.4 Å². The summed E-state index contributed by atoms with van der Waals surface area (Å²) in [5, 5.41) is 10.6. The van der Waals surface area contributed by atoms with Gasteiger partial charge >= 0.3 is 5.97 Å². The molecular formula is C9H11ClO3S. The Morgan fingerprint density at radius 2 is 2.50 bits per heavy atom. The van der Waals surface area contributed by atoms with Gasteiger partial charge in [0.2, 0.25) is 0 Å². The standard InChI is InChI=1S/C9H11ClO3S/c1-2-13-9(12)8(11)7(10)6-4-3-5-14-6/h3-5,7-8,11H,2H2,1H3/t7-,8+/m0/s1. The summed E-state index contributed by atoms with van der Waals surface area (Å²) in [6, 6.07) is 3.58. The van der Waals surface area contributed by atoms with Gasteiger partial charge in [-0.3, -0.25) is 0 Å². The van der Waals surface area contributed by atoms with Gasteiger partial charge in [-0.1, -0.05) is 6.07 Å². The number of ether oxygens (including phenoxy) is 1. The number of aliphatic hydroxyl groups excluding tert-OH is 1. The van der Waals surface area contributed by atoms with Gasteiger partial charge in [0, 0.05) is 4.88 Å². The van der Waals surface area contributed by atoms with Crippen molar-refractivity contribution < 1.29 is 14.6 Å². The van der Waals surface area contributed by atoms with Crippen LogP contribution in [0.3, 0.4) is 0 Å². The third-order valence-electron chi connectivity index (χ3n) is 1.62. The zero-order valence-electron chi connectivity index (χ0n) is 7.64. The number of halogens is 1. The lowest BCUT2D eigenvalue weighted by Crippen LogP contribution is -2.26. The average molecular weight is 235 g/mol. The molecule has 0 aliphatic rings. The van der Waals surface area contributed by atoms with Crippen molar-refractivity contribution in [3.8, 4) is 0 Å². The van der Waals surface area contributed by atoms with Crippen LogP contribution in [0.15, 0.2) is 17.5 Å². The molecule has 1 rings (SSSR count). The van der Waals surface area contributed by atoms with Gasteiger partial charge in [-0.2, -0.15) is 0 Å². The predicted octanol–water partition coefficient (Wildman–Crippen LogP) is 1.95. The summed E-state index contributed by atoms with van der Waals surface area (Å²) in [7, 11) is 0. The highest BCUT2D eigenvalue weighted by molar-refractivity contribution is 7.10. The minimum absolute atomic E-state index is 0.240. The van der Waals surface area contributed by atoms with Crippen molar-refractivity contribution in [3.05, 3.63) is 22.4 Å². The first-order valence-corrected chi connectivity index (χ1v) is 5.50.